The van der Waals surface area contributed by atoms with Crippen LogP contribution in [-0.2, 0) is 9.84 Å². The van der Waals surface area contributed by atoms with Crippen molar-refractivity contribution in [3.63, 3.8) is 0 Å². The molecule has 0 aliphatic rings. The van der Waals surface area contributed by atoms with E-state index < -0.39 is 9.84 Å². The number of anilines is 1. The fourth-order valence-corrected chi connectivity index (χ4v) is 2.99. The molecule has 1 N–H and O–H groups in total. The number of aryl methyl sites for hydroxylation is 1. The summed E-state index contributed by atoms with van der Waals surface area (Å²) in [7, 11) is -3.39. The number of rotatable bonds is 4. The normalized spacial score (nSPS) is 11.2. The molecule has 3 aromatic rings. The van der Waals surface area contributed by atoms with Crippen LogP contribution in [0.5, 0.6) is 0 Å². The van der Waals surface area contributed by atoms with Gasteiger partial charge >= 0.3 is 0 Å². The molecule has 3 rings (SSSR count). The standard InChI is InChI=1S/C19H17N3O3S/c1-13-6-8-15(11-16(13)17-5-3-4-10-20-17)22-19(23)14-7-9-18(21-12-14)26(2,24)25/h3-12H,1-2H3,(H,22,23). The van der Waals surface area contributed by atoms with E-state index in [1.54, 1.807) is 12.3 Å². The maximum Gasteiger partial charge on any atom is 0.257 e. The van der Waals surface area contributed by atoms with Crippen LogP contribution in [0.15, 0.2) is 66.0 Å². The Hall–Kier alpha value is -3.06. The summed E-state index contributed by atoms with van der Waals surface area (Å²) < 4.78 is 22.9. The predicted octanol–water partition coefficient (Wildman–Crippen LogP) is 3.11. The second-order valence-corrected chi connectivity index (χ2v) is 7.82. The van der Waals surface area contributed by atoms with Crippen LogP contribution >= 0.6 is 0 Å². The van der Waals surface area contributed by atoms with Gasteiger partial charge in [0.25, 0.3) is 5.91 Å². The summed E-state index contributed by atoms with van der Waals surface area (Å²) in [5, 5.41) is 2.73. The topological polar surface area (TPSA) is 89.0 Å². The Morgan fingerprint density at radius 2 is 1.85 bits per heavy atom. The van der Waals surface area contributed by atoms with Gasteiger partial charge in [-0.25, -0.2) is 13.4 Å². The predicted molar refractivity (Wildman–Crippen MR) is 99.7 cm³/mol. The van der Waals surface area contributed by atoms with E-state index >= 15 is 0 Å². The van der Waals surface area contributed by atoms with Gasteiger partial charge in [0.2, 0.25) is 0 Å². The van der Waals surface area contributed by atoms with Crippen LogP contribution in [-0.4, -0.2) is 30.5 Å². The first-order chi connectivity index (χ1) is 12.3. The lowest BCUT2D eigenvalue weighted by molar-refractivity contribution is 0.102. The van der Waals surface area contributed by atoms with E-state index in [4.69, 9.17) is 0 Å². The fraction of sp³-hybridized carbons (Fsp3) is 0.105. The lowest BCUT2D eigenvalue weighted by atomic mass is 10.0. The van der Waals surface area contributed by atoms with Crippen LogP contribution in [0.2, 0.25) is 0 Å². The minimum absolute atomic E-state index is 0.0678. The van der Waals surface area contributed by atoms with Crippen molar-refractivity contribution in [2.45, 2.75) is 11.9 Å². The van der Waals surface area contributed by atoms with Crippen molar-refractivity contribution in [1.29, 1.82) is 0 Å². The lowest BCUT2D eigenvalue weighted by Crippen LogP contribution is -2.13. The zero-order valence-electron chi connectivity index (χ0n) is 14.3. The SMILES string of the molecule is Cc1ccc(NC(=O)c2ccc(S(C)(=O)=O)nc2)cc1-c1ccccn1. The molecule has 0 radical (unpaired) electrons. The van der Waals surface area contributed by atoms with Crippen molar-refractivity contribution in [1.82, 2.24) is 9.97 Å². The summed E-state index contributed by atoms with van der Waals surface area (Å²) >= 11 is 0. The molecular formula is C19H17N3O3S. The van der Waals surface area contributed by atoms with Crippen molar-refractivity contribution in [2.75, 3.05) is 11.6 Å². The first-order valence-electron chi connectivity index (χ1n) is 7.84. The van der Waals surface area contributed by atoms with E-state index in [0.717, 1.165) is 23.1 Å². The van der Waals surface area contributed by atoms with Gasteiger partial charge in [0.15, 0.2) is 14.9 Å². The highest BCUT2D eigenvalue weighted by molar-refractivity contribution is 7.90. The van der Waals surface area contributed by atoms with Crippen LogP contribution in [0.4, 0.5) is 5.69 Å². The van der Waals surface area contributed by atoms with E-state index in [-0.39, 0.29) is 16.5 Å². The van der Waals surface area contributed by atoms with E-state index in [2.05, 4.69) is 15.3 Å². The minimum atomic E-state index is -3.39. The summed E-state index contributed by atoms with van der Waals surface area (Å²) in [5.74, 6) is -0.367. The van der Waals surface area contributed by atoms with Gasteiger partial charge in [-0.2, -0.15) is 0 Å². The summed E-state index contributed by atoms with van der Waals surface area (Å²) in [6, 6.07) is 14.0. The average molecular weight is 367 g/mol. The maximum atomic E-state index is 12.4. The van der Waals surface area contributed by atoms with E-state index in [1.165, 1.54) is 18.3 Å². The first kappa shape index (κ1) is 17.8. The van der Waals surface area contributed by atoms with Crippen LogP contribution in [0.1, 0.15) is 15.9 Å². The van der Waals surface area contributed by atoms with Gasteiger partial charge in [0, 0.05) is 29.9 Å². The van der Waals surface area contributed by atoms with Gasteiger partial charge in [-0.1, -0.05) is 12.1 Å². The Morgan fingerprint density at radius 3 is 2.46 bits per heavy atom. The molecule has 0 saturated heterocycles. The number of amides is 1. The molecule has 6 nitrogen and oxygen atoms in total. The van der Waals surface area contributed by atoms with Crippen molar-refractivity contribution in [2.24, 2.45) is 0 Å². The molecule has 0 aliphatic heterocycles. The fourth-order valence-electron chi connectivity index (χ4n) is 2.44. The Morgan fingerprint density at radius 1 is 1.04 bits per heavy atom. The molecule has 0 unspecified atom stereocenters. The highest BCUT2D eigenvalue weighted by atomic mass is 32.2. The molecule has 1 aromatic carbocycles. The number of aromatic nitrogens is 2. The van der Waals surface area contributed by atoms with Gasteiger partial charge < -0.3 is 5.32 Å². The molecule has 0 aliphatic carbocycles. The molecule has 1 amide bonds. The average Bonchev–Trinajstić information content (AvgIpc) is 2.63. The van der Waals surface area contributed by atoms with Gasteiger partial charge in [0.1, 0.15) is 0 Å². The van der Waals surface area contributed by atoms with Gasteiger partial charge in [-0.15, -0.1) is 0 Å². The summed E-state index contributed by atoms with van der Waals surface area (Å²) in [6.45, 7) is 1.98. The van der Waals surface area contributed by atoms with Crippen molar-refractivity contribution < 1.29 is 13.2 Å². The number of carbonyl (C=O) groups excluding carboxylic acids is 1. The van der Waals surface area contributed by atoms with Gasteiger partial charge in [-0.05, 0) is 48.9 Å². The number of hydrogen-bond donors (Lipinski definition) is 1. The number of nitrogens with one attached hydrogen (secondary N) is 1. The van der Waals surface area contributed by atoms with Gasteiger partial charge in [0.05, 0.1) is 11.3 Å². The van der Waals surface area contributed by atoms with Crippen LogP contribution in [0.25, 0.3) is 11.3 Å². The smallest absolute Gasteiger partial charge is 0.257 e. The molecule has 26 heavy (non-hydrogen) atoms. The second kappa shape index (κ2) is 7.05. The number of benzene rings is 1. The summed E-state index contributed by atoms with van der Waals surface area (Å²) in [6.07, 6.45) is 4.04. The Labute approximate surface area is 151 Å². The summed E-state index contributed by atoms with van der Waals surface area (Å²) in [5.41, 5.74) is 3.68. The molecule has 0 saturated carbocycles. The third kappa shape index (κ3) is 3.94. The molecule has 0 atom stereocenters. The third-order valence-corrected chi connectivity index (χ3v) is 4.82. The third-order valence-electron chi connectivity index (χ3n) is 3.81. The monoisotopic (exact) mass is 367 g/mol. The largest absolute Gasteiger partial charge is 0.322 e. The molecule has 2 aromatic heterocycles. The zero-order valence-corrected chi connectivity index (χ0v) is 15.1. The molecule has 132 valence electrons. The quantitative estimate of drug-likeness (QED) is 0.765. The Kier molecular flexibility index (Phi) is 4.81. The molecular weight excluding hydrogens is 350 g/mol. The highest BCUT2D eigenvalue weighted by Gasteiger charge is 2.12. The summed E-state index contributed by atoms with van der Waals surface area (Å²) in [4.78, 5) is 20.6. The zero-order chi connectivity index (χ0) is 18.7. The van der Waals surface area contributed by atoms with Crippen molar-refractivity contribution in [3.8, 4) is 11.3 Å². The number of hydrogen-bond acceptors (Lipinski definition) is 5. The van der Waals surface area contributed by atoms with Crippen molar-refractivity contribution in [3.05, 3.63) is 72.1 Å². The molecule has 0 bridgehead atoms. The number of pyridine rings is 2. The van der Waals surface area contributed by atoms with Crippen LogP contribution in [0.3, 0.4) is 0 Å². The number of nitrogens with zero attached hydrogens (tertiary/aromatic N) is 2. The van der Waals surface area contributed by atoms with E-state index in [0.29, 0.717) is 5.69 Å². The minimum Gasteiger partial charge on any atom is -0.322 e. The van der Waals surface area contributed by atoms with Crippen LogP contribution < -0.4 is 5.32 Å². The van der Waals surface area contributed by atoms with E-state index in [9.17, 15) is 13.2 Å². The molecule has 2 heterocycles. The second-order valence-electron chi connectivity index (χ2n) is 5.86. The highest BCUT2D eigenvalue weighted by Crippen LogP contribution is 2.25. The van der Waals surface area contributed by atoms with Crippen LogP contribution in [0, 0.1) is 6.92 Å². The van der Waals surface area contributed by atoms with Crippen molar-refractivity contribution >= 4 is 21.4 Å². The molecule has 7 heteroatoms. The van der Waals surface area contributed by atoms with Gasteiger partial charge in [-0.3, -0.25) is 9.78 Å². The molecule has 0 spiro atoms. The maximum absolute atomic E-state index is 12.4. The molecule has 0 fully saturated rings. The Balaban J connectivity index is 1.84. The van der Waals surface area contributed by atoms with E-state index in [1.807, 2.05) is 37.3 Å². The first-order valence-corrected chi connectivity index (χ1v) is 9.73. The lowest BCUT2D eigenvalue weighted by Gasteiger charge is -2.10. The number of sulfone groups is 1. The Bertz CT molecular complexity index is 1050. The number of carbonyl (C=O) groups is 1.